The number of halogens is 1. The summed E-state index contributed by atoms with van der Waals surface area (Å²) in [6.45, 7) is -0.0168. The standard InChI is InChI=1S/C20H19BrN2O7/c1-28-16-9-13(10-17(29-2)19(16)21)20(25)30-11-18(24)22-7-3-4-12-8-14(23(26)27)5-6-15(12)22/h5-6,8-10H,3-4,7,11H2,1-2H3. The average Bonchev–Trinajstić information content (AvgIpc) is 2.76. The molecular weight excluding hydrogens is 460 g/mol. The molecule has 0 aliphatic carbocycles. The molecule has 0 fully saturated rings. The molecule has 10 heteroatoms. The van der Waals surface area contributed by atoms with E-state index in [1.807, 2.05) is 0 Å². The van der Waals surface area contributed by atoms with E-state index in [1.54, 1.807) is 6.07 Å². The van der Waals surface area contributed by atoms with E-state index in [1.165, 1.54) is 43.4 Å². The Bertz CT molecular complexity index is 984. The Kier molecular flexibility index (Phi) is 6.56. The van der Waals surface area contributed by atoms with E-state index < -0.39 is 23.4 Å². The van der Waals surface area contributed by atoms with Crippen LogP contribution >= 0.6 is 15.9 Å². The van der Waals surface area contributed by atoms with Gasteiger partial charge in [-0.15, -0.1) is 0 Å². The maximum Gasteiger partial charge on any atom is 0.338 e. The lowest BCUT2D eigenvalue weighted by atomic mass is 10.0. The second-order valence-corrected chi connectivity index (χ2v) is 7.28. The number of amides is 1. The van der Waals surface area contributed by atoms with Crippen molar-refractivity contribution >= 4 is 39.2 Å². The molecule has 158 valence electrons. The fourth-order valence-corrected chi connectivity index (χ4v) is 3.78. The van der Waals surface area contributed by atoms with Crippen LogP contribution in [0.25, 0.3) is 0 Å². The Balaban J connectivity index is 1.72. The summed E-state index contributed by atoms with van der Waals surface area (Å²) >= 11 is 3.32. The molecule has 3 rings (SSSR count). The van der Waals surface area contributed by atoms with Crippen molar-refractivity contribution in [3.05, 3.63) is 56.0 Å². The third-order valence-electron chi connectivity index (χ3n) is 4.70. The van der Waals surface area contributed by atoms with Gasteiger partial charge in [-0.25, -0.2) is 4.79 Å². The number of methoxy groups -OCH3 is 2. The number of esters is 1. The molecule has 0 radical (unpaired) electrons. The monoisotopic (exact) mass is 478 g/mol. The maximum atomic E-state index is 12.7. The van der Waals surface area contributed by atoms with Crippen molar-refractivity contribution < 1.29 is 28.7 Å². The number of hydrogen-bond donors (Lipinski definition) is 0. The lowest BCUT2D eigenvalue weighted by Crippen LogP contribution is -2.38. The summed E-state index contributed by atoms with van der Waals surface area (Å²) in [5.41, 5.74) is 1.47. The molecule has 1 amide bonds. The smallest absolute Gasteiger partial charge is 0.338 e. The molecule has 0 atom stereocenters. The molecule has 1 heterocycles. The summed E-state index contributed by atoms with van der Waals surface area (Å²) in [4.78, 5) is 37.1. The van der Waals surface area contributed by atoms with Crippen LogP contribution in [0.3, 0.4) is 0 Å². The Hall–Kier alpha value is -3.14. The zero-order chi connectivity index (χ0) is 21.8. The van der Waals surface area contributed by atoms with Gasteiger partial charge in [-0.05, 0) is 52.5 Å². The van der Waals surface area contributed by atoms with Gasteiger partial charge in [0.05, 0.1) is 24.7 Å². The van der Waals surface area contributed by atoms with Crippen molar-refractivity contribution in [2.24, 2.45) is 0 Å². The number of rotatable bonds is 6. The van der Waals surface area contributed by atoms with Crippen LogP contribution < -0.4 is 14.4 Å². The number of benzene rings is 2. The lowest BCUT2D eigenvalue weighted by molar-refractivity contribution is -0.384. The predicted octanol–water partition coefficient (Wildman–Crippen LogP) is 3.51. The zero-order valence-electron chi connectivity index (χ0n) is 16.3. The predicted molar refractivity (Wildman–Crippen MR) is 111 cm³/mol. The number of fused-ring (bicyclic) bond motifs is 1. The Labute approximate surface area is 180 Å². The van der Waals surface area contributed by atoms with Gasteiger partial charge in [0, 0.05) is 24.4 Å². The molecule has 1 aliphatic rings. The SMILES string of the molecule is COc1cc(C(=O)OCC(=O)N2CCCc3cc([N+](=O)[O-])ccc32)cc(OC)c1Br. The first kappa shape index (κ1) is 21.6. The summed E-state index contributed by atoms with van der Waals surface area (Å²) in [5, 5.41) is 11.0. The Morgan fingerprint density at radius 2 is 1.83 bits per heavy atom. The van der Waals surface area contributed by atoms with Gasteiger partial charge < -0.3 is 19.1 Å². The molecular formula is C20H19BrN2O7. The number of nitrogens with zero attached hydrogens (tertiary/aromatic N) is 2. The molecule has 0 saturated heterocycles. The third-order valence-corrected chi connectivity index (χ3v) is 5.48. The van der Waals surface area contributed by atoms with Crippen LogP contribution in [0, 0.1) is 10.1 Å². The summed E-state index contributed by atoms with van der Waals surface area (Å²) in [6.07, 6.45) is 1.30. The Morgan fingerprint density at radius 3 is 2.43 bits per heavy atom. The van der Waals surface area contributed by atoms with E-state index in [-0.39, 0.29) is 11.3 Å². The molecule has 0 N–H and O–H groups in total. The first-order chi connectivity index (χ1) is 14.3. The van der Waals surface area contributed by atoms with Gasteiger partial charge in [0.1, 0.15) is 16.0 Å². The van der Waals surface area contributed by atoms with E-state index in [4.69, 9.17) is 14.2 Å². The van der Waals surface area contributed by atoms with Crippen LogP contribution in [-0.2, 0) is 16.0 Å². The number of aryl methyl sites for hydroxylation is 1. The highest BCUT2D eigenvalue weighted by Gasteiger charge is 2.25. The lowest BCUT2D eigenvalue weighted by Gasteiger charge is -2.29. The summed E-state index contributed by atoms with van der Waals surface area (Å²) in [7, 11) is 2.91. The number of hydrogen-bond acceptors (Lipinski definition) is 7. The van der Waals surface area contributed by atoms with Crippen molar-refractivity contribution in [1.82, 2.24) is 0 Å². The molecule has 0 aromatic heterocycles. The molecule has 2 aromatic carbocycles. The van der Waals surface area contributed by atoms with Crippen LogP contribution in [0.5, 0.6) is 11.5 Å². The normalized spacial score (nSPS) is 12.7. The molecule has 30 heavy (non-hydrogen) atoms. The van der Waals surface area contributed by atoms with Gasteiger partial charge >= 0.3 is 5.97 Å². The largest absolute Gasteiger partial charge is 0.495 e. The van der Waals surface area contributed by atoms with Crippen molar-refractivity contribution in [3.8, 4) is 11.5 Å². The summed E-state index contributed by atoms with van der Waals surface area (Å²) < 4.78 is 16.2. The minimum Gasteiger partial charge on any atom is -0.495 e. The fraction of sp³-hybridized carbons (Fsp3) is 0.300. The number of carbonyl (C=O) groups excluding carboxylic acids is 2. The number of nitro groups is 1. The van der Waals surface area contributed by atoms with Gasteiger partial charge in [-0.2, -0.15) is 0 Å². The highest BCUT2D eigenvalue weighted by Crippen LogP contribution is 2.36. The van der Waals surface area contributed by atoms with Crippen LogP contribution in [-0.4, -0.2) is 44.2 Å². The van der Waals surface area contributed by atoms with Gasteiger partial charge in [0.2, 0.25) is 0 Å². The van der Waals surface area contributed by atoms with E-state index in [9.17, 15) is 19.7 Å². The number of anilines is 1. The molecule has 2 aromatic rings. The molecule has 0 spiro atoms. The fourth-order valence-electron chi connectivity index (χ4n) is 3.23. The Morgan fingerprint density at radius 1 is 1.17 bits per heavy atom. The molecule has 0 saturated carbocycles. The number of nitro benzene ring substituents is 1. The van der Waals surface area contributed by atoms with Crippen molar-refractivity contribution in [1.29, 1.82) is 0 Å². The topological polar surface area (TPSA) is 108 Å². The van der Waals surface area contributed by atoms with E-state index in [0.29, 0.717) is 41.0 Å². The van der Waals surface area contributed by atoms with Crippen molar-refractivity contribution in [3.63, 3.8) is 0 Å². The first-order valence-electron chi connectivity index (χ1n) is 9.02. The number of ether oxygens (including phenoxy) is 3. The molecule has 0 bridgehead atoms. The summed E-state index contributed by atoms with van der Waals surface area (Å²) in [6, 6.07) is 7.35. The van der Waals surface area contributed by atoms with Gasteiger partial charge in [-0.3, -0.25) is 14.9 Å². The minimum atomic E-state index is -0.701. The van der Waals surface area contributed by atoms with Crippen molar-refractivity contribution in [2.75, 3.05) is 32.3 Å². The third kappa shape index (κ3) is 4.38. The maximum absolute atomic E-state index is 12.7. The minimum absolute atomic E-state index is 0.0207. The van der Waals surface area contributed by atoms with Gasteiger partial charge in [-0.1, -0.05) is 0 Å². The average molecular weight is 479 g/mol. The molecule has 0 unspecified atom stereocenters. The van der Waals surface area contributed by atoms with Crippen molar-refractivity contribution in [2.45, 2.75) is 12.8 Å². The highest BCUT2D eigenvalue weighted by atomic mass is 79.9. The van der Waals surface area contributed by atoms with Crippen LogP contribution in [0.1, 0.15) is 22.3 Å². The van der Waals surface area contributed by atoms with Crippen LogP contribution in [0.4, 0.5) is 11.4 Å². The van der Waals surface area contributed by atoms with Crippen LogP contribution in [0.2, 0.25) is 0 Å². The van der Waals surface area contributed by atoms with E-state index in [0.717, 1.165) is 5.56 Å². The summed E-state index contributed by atoms with van der Waals surface area (Å²) in [5.74, 6) is -0.332. The second kappa shape index (κ2) is 9.12. The van der Waals surface area contributed by atoms with Crippen LogP contribution in [0.15, 0.2) is 34.8 Å². The number of carbonyl (C=O) groups is 2. The van der Waals surface area contributed by atoms with Gasteiger partial charge in [0.25, 0.3) is 11.6 Å². The van der Waals surface area contributed by atoms with Gasteiger partial charge in [0.15, 0.2) is 6.61 Å². The zero-order valence-corrected chi connectivity index (χ0v) is 17.9. The van der Waals surface area contributed by atoms with E-state index >= 15 is 0 Å². The molecule has 1 aliphatic heterocycles. The second-order valence-electron chi connectivity index (χ2n) is 6.49. The highest BCUT2D eigenvalue weighted by molar-refractivity contribution is 9.10. The quantitative estimate of drug-likeness (QED) is 0.355. The van der Waals surface area contributed by atoms with E-state index in [2.05, 4.69) is 15.9 Å². The molecule has 9 nitrogen and oxygen atoms in total. The first-order valence-corrected chi connectivity index (χ1v) is 9.81. The number of non-ortho nitro benzene ring substituents is 1.